The van der Waals surface area contributed by atoms with Crippen molar-refractivity contribution in [3.05, 3.63) is 30.1 Å². The smallest absolute Gasteiger partial charge is 0.0270 e. The summed E-state index contributed by atoms with van der Waals surface area (Å²) in [5.41, 5.74) is 1.38. The maximum absolute atomic E-state index is 4.05. The number of hydrogen-bond acceptors (Lipinski definition) is 2. The normalized spacial score (nSPS) is 25.5. The molecule has 0 saturated heterocycles. The van der Waals surface area contributed by atoms with Gasteiger partial charge in [0, 0.05) is 18.4 Å². The van der Waals surface area contributed by atoms with Crippen molar-refractivity contribution in [1.29, 1.82) is 0 Å². The van der Waals surface area contributed by atoms with Gasteiger partial charge in [-0.2, -0.15) is 0 Å². The number of pyridine rings is 1. The summed E-state index contributed by atoms with van der Waals surface area (Å²) in [5, 5.41) is 3.74. The van der Waals surface area contributed by atoms with Gasteiger partial charge in [0.25, 0.3) is 0 Å². The lowest BCUT2D eigenvalue weighted by molar-refractivity contribution is 0.359. The van der Waals surface area contributed by atoms with Crippen LogP contribution in [0.1, 0.15) is 44.6 Å². The summed E-state index contributed by atoms with van der Waals surface area (Å²) in [6, 6.07) is 4.95. The number of aromatic nitrogens is 1. The molecule has 2 atom stereocenters. The van der Waals surface area contributed by atoms with E-state index in [1.54, 1.807) is 0 Å². The zero-order valence-electron chi connectivity index (χ0n) is 10.9. The van der Waals surface area contributed by atoms with Crippen molar-refractivity contribution in [2.45, 2.75) is 51.5 Å². The molecule has 0 bridgehead atoms. The molecule has 1 saturated carbocycles. The van der Waals surface area contributed by atoms with Gasteiger partial charge < -0.3 is 5.32 Å². The molecule has 2 nitrogen and oxygen atoms in total. The SMILES string of the molecule is CC1CCCCCC1NCCc1ccncc1. The summed E-state index contributed by atoms with van der Waals surface area (Å²) in [5.74, 6) is 0.843. The van der Waals surface area contributed by atoms with Gasteiger partial charge in [-0.1, -0.05) is 26.2 Å². The van der Waals surface area contributed by atoms with Crippen molar-refractivity contribution in [3.8, 4) is 0 Å². The van der Waals surface area contributed by atoms with Crippen molar-refractivity contribution >= 4 is 0 Å². The topological polar surface area (TPSA) is 24.9 Å². The Kier molecular flexibility index (Phi) is 4.99. The van der Waals surface area contributed by atoms with Crippen molar-refractivity contribution in [2.75, 3.05) is 6.54 Å². The average Bonchev–Trinajstić information content (AvgIpc) is 2.56. The van der Waals surface area contributed by atoms with Crippen LogP contribution in [0.15, 0.2) is 24.5 Å². The second kappa shape index (κ2) is 6.75. The molecule has 94 valence electrons. The van der Waals surface area contributed by atoms with Gasteiger partial charge in [0.15, 0.2) is 0 Å². The van der Waals surface area contributed by atoms with E-state index >= 15 is 0 Å². The fourth-order valence-electron chi connectivity index (χ4n) is 2.75. The van der Waals surface area contributed by atoms with E-state index in [1.165, 1.54) is 37.7 Å². The maximum atomic E-state index is 4.05. The minimum absolute atomic E-state index is 0.735. The van der Waals surface area contributed by atoms with Crippen LogP contribution in [0, 0.1) is 5.92 Å². The van der Waals surface area contributed by atoms with E-state index in [4.69, 9.17) is 0 Å². The van der Waals surface area contributed by atoms with Crippen molar-refractivity contribution < 1.29 is 0 Å². The zero-order chi connectivity index (χ0) is 11.9. The molecule has 1 aliphatic rings. The first kappa shape index (κ1) is 12.6. The Bertz CT molecular complexity index is 310. The Morgan fingerprint density at radius 3 is 2.76 bits per heavy atom. The Hall–Kier alpha value is -0.890. The van der Waals surface area contributed by atoms with Gasteiger partial charge in [-0.05, 0) is 49.4 Å². The summed E-state index contributed by atoms with van der Waals surface area (Å²) in [4.78, 5) is 4.05. The molecule has 2 unspecified atom stereocenters. The van der Waals surface area contributed by atoms with E-state index in [2.05, 4.69) is 29.4 Å². The fourth-order valence-corrected chi connectivity index (χ4v) is 2.75. The molecular formula is C15H24N2. The largest absolute Gasteiger partial charge is 0.313 e. The van der Waals surface area contributed by atoms with Crippen LogP contribution >= 0.6 is 0 Å². The van der Waals surface area contributed by atoms with E-state index in [0.29, 0.717) is 0 Å². The Morgan fingerprint density at radius 2 is 1.94 bits per heavy atom. The van der Waals surface area contributed by atoms with Gasteiger partial charge in [-0.3, -0.25) is 4.98 Å². The first-order chi connectivity index (χ1) is 8.36. The molecule has 1 N–H and O–H groups in total. The monoisotopic (exact) mass is 232 g/mol. The summed E-state index contributed by atoms with van der Waals surface area (Å²) < 4.78 is 0. The summed E-state index contributed by atoms with van der Waals surface area (Å²) in [6.45, 7) is 3.49. The molecule has 0 aliphatic heterocycles. The Balaban J connectivity index is 1.73. The summed E-state index contributed by atoms with van der Waals surface area (Å²) in [6.07, 6.45) is 11.9. The number of hydrogen-bond donors (Lipinski definition) is 1. The zero-order valence-corrected chi connectivity index (χ0v) is 10.9. The fraction of sp³-hybridized carbons (Fsp3) is 0.667. The minimum atomic E-state index is 0.735. The second-order valence-electron chi connectivity index (χ2n) is 5.28. The van der Waals surface area contributed by atoms with E-state index < -0.39 is 0 Å². The third-order valence-corrected chi connectivity index (χ3v) is 3.93. The van der Waals surface area contributed by atoms with Crippen LogP contribution in [0.5, 0.6) is 0 Å². The first-order valence-corrected chi connectivity index (χ1v) is 6.98. The lowest BCUT2D eigenvalue weighted by Crippen LogP contribution is -2.35. The van der Waals surface area contributed by atoms with Crippen LogP contribution in [0.25, 0.3) is 0 Å². The molecule has 2 rings (SSSR count). The molecule has 2 heteroatoms. The van der Waals surface area contributed by atoms with Crippen LogP contribution in [-0.4, -0.2) is 17.6 Å². The number of nitrogens with one attached hydrogen (secondary N) is 1. The highest BCUT2D eigenvalue weighted by Crippen LogP contribution is 2.22. The van der Waals surface area contributed by atoms with Gasteiger partial charge in [0.2, 0.25) is 0 Å². The van der Waals surface area contributed by atoms with Crippen LogP contribution < -0.4 is 5.32 Å². The quantitative estimate of drug-likeness (QED) is 0.806. The Labute approximate surface area is 105 Å². The molecule has 0 aromatic carbocycles. The lowest BCUT2D eigenvalue weighted by atomic mass is 9.97. The molecule has 1 aromatic heterocycles. The number of rotatable bonds is 4. The molecule has 1 aromatic rings. The van der Waals surface area contributed by atoms with E-state index in [1.807, 2.05) is 12.4 Å². The van der Waals surface area contributed by atoms with Gasteiger partial charge >= 0.3 is 0 Å². The summed E-state index contributed by atoms with van der Waals surface area (Å²) in [7, 11) is 0. The van der Waals surface area contributed by atoms with Gasteiger partial charge in [-0.15, -0.1) is 0 Å². The molecule has 17 heavy (non-hydrogen) atoms. The molecule has 0 spiro atoms. The lowest BCUT2D eigenvalue weighted by Gasteiger charge is -2.22. The Morgan fingerprint density at radius 1 is 1.18 bits per heavy atom. The predicted octanol–water partition coefficient (Wildman–Crippen LogP) is 3.18. The highest BCUT2D eigenvalue weighted by atomic mass is 14.9. The van der Waals surface area contributed by atoms with Crippen LogP contribution in [-0.2, 0) is 6.42 Å². The van der Waals surface area contributed by atoms with E-state index in [-0.39, 0.29) is 0 Å². The van der Waals surface area contributed by atoms with Crippen LogP contribution in [0.3, 0.4) is 0 Å². The molecule has 1 aliphatic carbocycles. The predicted molar refractivity (Wildman–Crippen MR) is 72.0 cm³/mol. The second-order valence-corrected chi connectivity index (χ2v) is 5.28. The van der Waals surface area contributed by atoms with Crippen molar-refractivity contribution in [3.63, 3.8) is 0 Å². The van der Waals surface area contributed by atoms with Gasteiger partial charge in [0.1, 0.15) is 0 Å². The number of nitrogens with zero attached hydrogens (tertiary/aromatic N) is 1. The standard InChI is InChI=1S/C15H24N2/c1-13-5-3-2-4-6-15(13)17-12-9-14-7-10-16-11-8-14/h7-8,10-11,13,15,17H,2-6,9,12H2,1H3. The highest BCUT2D eigenvalue weighted by Gasteiger charge is 2.18. The van der Waals surface area contributed by atoms with E-state index in [0.717, 1.165) is 24.9 Å². The third kappa shape index (κ3) is 4.12. The summed E-state index contributed by atoms with van der Waals surface area (Å²) >= 11 is 0. The van der Waals surface area contributed by atoms with Gasteiger partial charge in [0.05, 0.1) is 0 Å². The molecule has 1 heterocycles. The highest BCUT2D eigenvalue weighted by molar-refractivity contribution is 5.09. The molecule has 1 fully saturated rings. The van der Waals surface area contributed by atoms with Crippen LogP contribution in [0.2, 0.25) is 0 Å². The van der Waals surface area contributed by atoms with Crippen molar-refractivity contribution in [2.24, 2.45) is 5.92 Å². The van der Waals surface area contributed by atoms with Gasteiger partial charge in [-0.25, -0.2) is 0 Å². The maximum Gasteiger partial charge on any atom is 0.0270 e. The third-order valence-electron chi connectivity index (χ3n) is 3.93. The first-order valence-electron chi connectivity index (χ1n) is 6.98. The average molecular weight is 232 g/mol. The van der Waals surface area contributed by atoms with E-state index in [9.17, 15) is 0 Å². The van der Waals surface area contributed by atoms with Crippen LogP contribution in [0.4, 0.5) is 0 Å². The molecular weight excluding hydrogens is 208 g/mol. The minimum Gasteiger partial charge on any atom is -0.313 e. The van der Waals surface area contributed by atoms with Crippen molar-refractivity contribution in [1.82, 2.24) is 10.3 Å². The molecule has 0 amide bonds. The molecule has 0 radical (unpaired) electrons.